The van der Waals surface area contributed by atoms with E-state index in [2.05, 4.69) is 4.94 Å². The lowest BCUT2D eigenvalue weighted by Gasteiger charge is -2.08. The largest absolute Gasteiger partial charge is 0.399 e. The zero-order valence-corrected chi connectivity index (χ0v) is 8.22. The van der Waals surface area contributed by atoms with Crippen LogP contribution < -0.4 is 5.73 Å². The average Bonchev–Trinajstić information content (AvgIpc) is 2.16. The van der Waals surface area contributed by atoms with Crippen LogP contribution in [0.1, 0.15) is 28.2 Å². The molecule has 0 saturated heterocycles. The van der Waals surface area contributed by atoms with Gasteiger partial charge in [-0.1, -0.05) is 6.07 Å². The quantitative estimate of drug-likeness (QED) is 0.612. The van der Waals surface area contributed by atoms with E-state index in [1.54, 1.807) is 19.1 Å². The van der Waals surface area contributed by atoms with Crippen LogP contribution in [-0.2, 0) is 4.94 Å². The second-order valence-corrected chi connectivity index (χ2v) is 3.48. The first-order chi connectivity index (χ1) is 6.56. The molecule has 1 aromatic rings. The van der Waals surface area contributed by atoms with Crippen molar-refractivity contribution in [1.82, 2.24) is 0 Å². The Balaban J connectivity index is 3.22. The zero-order valence-electron chi connectivity index (χ0n) is 7.46. The molecule has 0 heterocycles. The van der Waals surface area contributed by atoms with Crippen molar-refractivity contribution in [2.45, 2.75) is 12.3 Å². The molecule has 0 radical (unpaired) electrons. The van der Waals surface area contributed by atoms with E-state index in [-0.39, 0.29) is 5.56 Å². The van der Waals surface area contributed by atoms with E-state index >= 15 is 0 Å². The van der Waals surface area contributed by atoms with E-state index < -0.39 is 11.3 Å². The Labute approximate surface area is 85.5 Å². The maximum atomic E-state index is 11.7. The van der Waals surface area contributed by atoms with Gasteiger partial charge in [0, 0.05) is 10.2 Å². The molecule has 5 heteroatoms. The lowest BCUT2D eigenvalue weighted by Crippen LogP contribution is -2.05. The molecule has 0 fully saturated rings. The smallest absolute Gasteiger partial charge is 0.379 e. The van der Waals surface area contributed by atoms with Gasteiger partial charge in [-0.2, -0.15) is 0 Å². The number of alkyl halides is 1. The average molecular weight is 218 g/mol. The maximum absolute atomic E-state index is 11.7. The van der Waals surface area contributed by atoms with Crippen molar-refractivity contribution in [2.24, 2.45) is 0 Å². The molecule has 0 amide bonds. The SMILES string of the molecule is CC(Cl)c1ccc(N)cc1C(=O)OF. The van der Waals surface area contributed by atoms with Crippen LogP contribution in [0, 0.1) is 0 Å². The number of hydrogen-bond donors (Lipinski definition) is 1. The Morgan fingerprint density at radius 2 is 2.29 bits per heavy atom. The monoisotopic (exact) mass is 217 g/mol. The molecule has 0 aliphatic heterocycles. The van der Waals surface area contributed by atoms with Gasteiger partial charge in [0.05, 0.1) is 10.9 Å². The third-order valence-electron chi connectivity index (χ3n) is 1.80. The summed E-state index contributed by atoms with van der Waals surface area (Å²) in [4.78, 5) is 14.1. The van der Waals surface area contributed by atoms with Crippen molar-refractivity contribution in [3.63, 3.8) is 0 Å². The van der Waals surface area contributed by atoms with Crippen molar-refractivity contribution in [2.75, 3.05) is 5.73 Å². The van der Waals surface area contributed by atoms with Gasteiger partial charge >= 0.3 is 5.97 Å². The van der Waals surface area contributed by atoms with Gasteiger partial charge in [-0.15, -0.1) is 11.6 Å². The number of rotatable bonds is 2. The molecule has 3 nitrogen and oxygen atoms in total. The fraction of sp³-hybridized carbons (Fsp3) is 0.222. The Hall–Kier alpha value is -1.29. The minimum Gasteiger partial charge on any atom is -0.399 e. The Morgan fingerprint density at radius 3 is 2.79 bits per heavy atom. The summed E-state index contributed by atoms with van der Waals surface area (Å²) in [6.45, 7) is 1.67. The highest BCUT2D eigenvalue weighted by Gasteiger charge is 2.16. The van der Waals surface area contributed by atoms with Crippen LogP contribution in [-0.4, -0.2) is 5.97 Å². The molecule has 2 N–H and O–H groups in total. The standard InChI is InChI=1S/C9H9ClFNO2/c1-5(10)7-3-2-6(12)4-8(7)9(13)14-11/h2-5H,12H2,1H3. The number of halogens is 2. The third kappa shape index (κ3) is 2.14. The molecule has 1 aromatic carbocycles. The highest BCUT2D eigenvalue weighted by atomic mass is 35.5. The third-order valence-corrected chi connectivity index (χ3v) is 2.03. The van der Waals surface area contributed by atoms with E-state index in [9.17, 15) is 9.32 Å². The molecule has 0 aromatic heterocycles. The first kappa shape index (κ1) is 10.8. The van der Waals surface area contributed by atoms with Crippen LogP contribution in [0.2, 0.25) is 0 Å². The summed E-state index contributed by atoms with van der Waals surface area (Å²) in [6.07, 6.45) is 0. The number of anilines is 1. The van der Waals surface area contributed by atoms with Crippen LogP contribution in [0.4, 0.5) is 10.2 Å². The maximum Gasteiger partial charge on any atom is 0.379 e. The Bertz CT molecular complexity index is 355. The number of hydrogen-bond acceptors (Lipinski definition) is 3. The minimum absolute atomic E-state index is 0.0509. The van der Waals surface area contributed by atoms with Gasteiger partial charge in [0.1, 0.15) is 0 Å². The molecule has 1 atom stereocenters. The van der Waals surface area contributed by atoms with Crippen LogP contribution in [0.5, 0.6) is 0 Å². The van der Waals surface area contributed by atoms with Crippen molar-refractivity contribution in [3.05, 3.63) is 29.3 Å². The molecule has 0 spiro atoms. The predicted molar refractivity (Wildman–Crippen MR) is 51.6 cm³/mol. The molecule has 0 bridgehead atoms. The molecular formula is C9H9ClFNO2. The van der Waals surface area contributed by atoms with E-state index in [0.717, 1.165) is 0 Å². The van der Waals surface area contributed by atoms with Gasteiger partial charge in [0.2, 0.25) is 0 Å². The lowest BCUT2D eigenvalue weighted by molar-refractivity contribution is -0.0788. The van der Waals surface area contributed by atoms with Crippen LogP contribution in [0.15, 0.2) is 18.2 Å². The number of benzene rings is 1. The molecule has 0 saturated carbocycles. The highest BCUT2D eigenvalue weighted by molar-refractivity contribution is 6.21. The first-order valence-corrected chi connectivity index (χ1v) is 4.36. The summed E-state index contributed by atoms with van der Waals surface area (Å²) in [5, 5.41) is -0.412. The van der Waals surface area contributed by atoms with E-state index in [1.807, 2.05) is 0 Å². The summed E-state index contributed by atoms with van der Waals surface area (Å²) >= 11 is 5.79. The molecule has 1 unspecified atom stereocenters. The second kappa shape index (κ2) is 4.28. The molecular weight excluding hydrogens is 209 g/mol. The van der Waals surface area contributed by atoms with Crippen molar-refractivity contribution in [3.8, 4) is 0 Å². The fourth-order valence-corrected chi connectivity index (χ4v) is 1.33. The summed E-state index contributed by atoms with van der Waals surface area (Å²) in [7, 11) is 0. The second-order valence-electron chi connectivity index (χ2n) is 2.83. The molecule has 0 aliphatic rings. The summed E-state index contributed by atoms with van der Waals surface area (Å²) in [6, 6.07) is 4.48. The number of nitrogens with two attached hydrogens (primary N) is 1. The predicted octanol–water partition coefficient (Wildman–Crippen LogP) is 2.61. The summed E-state index contributed by atoms with van der Waals surface area (Å²) < 4.78 is 11.7. The van der Waals surface area contributed by atoms with Crippen molar-refractivity contribution >= 4 is 23.3 Å². The van der Waals surface area contributed by atoms with Gasteiger partial charge in [0.15, 0.2) is 0 Å². The van der Waals surface area contributed by atoms with Gasteiger partial charge in [-0.3, -0.25) is 0 Å². The Kier molecular flexibility index (Phi) is 3.30. The van der Waals surface area contributed by atoms with Crippen LogP contribution in [0.25, 0.3) is 0 Å². The van der Waals surface area contributed by atoms with Gasteiger partial charge in [-0.05, 0) is 24.6 Å². The molecule has 1 rings (SSSR count). The van der Waals surface area contributed by atoms with Crippen LogP contribution in [0.3, 0.4) is 0 Å². The number of carbonyl (C=O) groups excluding carboxylic acids is 1. The van der Waals surface area contributed by atoms with Gasteiger partial charge in [0.25, 0.3) is 0 Å². The fourth-order valence-electron chi connectivity index (χ4n) is 1.14. The van der Waals surface area contributed by atoms with E-state index in [4.69, 9.17) is 17.3 Å². The summed E-state index contributed by atoms with van der Waals surface area (Å²) in [5.74, 6) is -1.08. The first-order valence-electron chi connectivity index (χ1n) is 3.92. The van der Waals surface area contributed by atoms with Gasteiger partial charge in [-0.25, -0.2) is 9.74 Å². The van der Waals surface area contributed by atoms with E-state index in [1.165, 1.54) is 6.07 Å². The summed E-state index contributed by atoms with van der Waals surface area (Å²) in [5.41, 5.74) is 6.34. The molecule has 14 heavy (non-hydrogen) atoms. The molecule has 76 valence electrons. The number of nitrogen functional groups attached to an aromatic ring is 1. The number of carbonyl (C=O) groups is 1. The zero-order chi connectivity index (χ0) is 10.7. The molecule has 0 aliphatic carbocycles. The van der Waals surface area contributed by atoms with Crippen LogP contribution >= 0.6 is 11.6 Å². The minimum atomic E-state index is -1.08. The Morgan fingerprint density at radius 1 is 1.64 bits per heavy atom. The van der Waals surface area contributed by atoms with Crippen molar-refractivity contribution in [1.29, 1.82) is 0 Å². The normalized spacial score (nSPS) is 12.2. The van der Waals surface area contributed by atoms with Crippen molar-refractivity contribution < 1.29 is 14.3 Å². The van der Waals surface area contributed by atoms with E-state index in [0.29, 0.717) is 11.3 Å². The highest BCUT2D eigenvalue weighted by Crippen LogP contribution is 2.25. The lowest BCUT2D eigenvalue weighted by atomic mass is 10.0. The topological polar surface area (TPSA) is 52.3 Å². The van der Waals surface area contributed by atoms with Gasteiger partial charge < -0.3 is 5.73 Å².